The first-order chi connectivity index (χ1) is 2.91. The Morgan fingerprint density at radius 3 is 1.57 bits per heavy atom. The molecule has 7 heavy (non-hydrogen) atoms. The van der Waals surface area contributed by atoms with Crippen LogP contribution in [0, 0.1) is 0 Å². The van der Waals surface area contributed by atoms with Gasteiger partial charge in [-0.15, -0.1) is 0 Å². The first-order valence-electron chi connectivity index (χ1n) is 1.78. The standard InChI is InChI=1S/C4H8O2.Na.H/c5-3-1-2-4-6;;/h1-2,5-6H,3-4H2;;/q;+1;-1. The molecule has 3 heteroatoms. The van der Waals surface area contributed by atoms with Gasteiger partial charge < -0.3 is 11.6 Å². The maximum Gasteiger partial charge on any atom is 1.00 e. The molecule has 0 rings (SSSR count). The van der Waals surface area contributed by atoms with Crippen molar-refractivity contribution in [3.8, 4) is 0 Å². The van der Waals surface area contributed by atoms with E-state index in [0.29, 0.717) is 0 Å². The van der Waals surface area contributed by atoms with Crippen LogP contribution in [-0.2, 0) is 0 Å². The molecule has 0 aromatic heterocycles. The van der Waals surface area contributed by atoms with Gasteiger partial charge in [-0.05, 0) is 0 Å². The van der Waals surface area contributed by atoms with E-state index in [4.69, 9.17) is 10.2 Å². The Bertz CT molecular complexity index is 43.3. The molecule has 0 aliphatic rings. The molecule has 0 bridgehead atoms. The molecule has 0 aliphatic heterocycles. The second kappa shape index (κ2) is 9.83. The first-order valence-corrected chi connectivity index (χ1v) is 1.78. The summed E-state index contributed by atoms with van der Waals surface area (Å²) in [6.45, 7) is 0.0289. The third kappa shape index (κ3) is 10.8. The number of rotatable bonds is 2. The molecule has 0 heterocycles. The van der Waals surface area contributed by atoms with Crippen molar-refractivity contribution in [1.82, 2.24) is 0 Å². The second-order valence-corrected chi connectivity index (χ2v) is 0.837. The average Bonchev–Trinajstić information content (AvgIpc) is 1.61. The summed E-state index contributed by atoms with van der Waals surface area (Å²) in [6, 6.07) is 0. The van der Waals surface area contributed by atoms with Crippen molar-refractivity contribution >= 4 is 0 Å². The zero-order valence-electron chi connectivity index (χ0n) is 5.46. The van der Waals surface area contributed by atoms with Gasteiger partial charge in [-0.3, -0.25) is 0 Å². The van der Waals surface area contributed by atoms with Crippen LogP contribution in [0.15, 0.2) is 12.2 Å². The fourth-order valence-electron chi connectivity index (χ4n) is 0.149. The van der Waals surface area contributed by atoms with E-state index < -0.39 is 0 Å². The molecule has 0 fully saturated rings. The van der Waals surface area contributed by atoms with Gasteiger partial charge in [0.2, 0.25) is 0 Å². The smallest absolute Gasteiger partial charge is 1.00 e. The molecule has 0 saturated carbocycles. The van der Waals surface area contributed by atoms with Gasteiger partial charge in [0.15, 0.2) is 0 Å². The van der Waals surface area contributed by atoms with Gasteiger partial charge in [0.25, 0.3) is 0 Å². The van der Waals surface area contributed by atoms with Crippen molar-refractivity contribution in [3.05, 3.63) is 12.2 Å². The Labute approximate surface area is 66.6 Å². The van der Waals surface area contributed by atoms with Gasteiger partial charge in [-0.25, -0.2) is 0 Å². The van der Waals surface area contributed by atoms with Crippen LogP contribution in [0.1, 0.15) is 1.43 Å². The average molecular weight is 112 g/mol. The van der Waals surface area contributed by atoms with Crippen molar-refractivity contribution in [2.24, 2.45) is 0 Å². The van der Waals surface area contributed by atoms with Crippen molar-refractivity contribution in [3.63, 3.8) is 0 Å². The second-order valence-electron chi connectivity index (χ2n) is 0.837. The summed E-state index contributed by atoms with van der Waals surface area (Å²) in [5.74, 6) is 0. The van der Waals surface area contributed by atoms with Crippen LogP contribution in [0.2, 0.25) is 0 Å². The summed E-state index contributed by atoms with van der Waals surface area (Å²) in [5, 5.41) is 16.0. The summed E-state index contributed by atoms with van der Waals surface area (Å²) in [4.78, 5) is 0. The minimum atomic E-state index is 0. The summed E-state index contributed by atoms with van der Waals surface area (Å²) < 4.78 is 0. The maximum absolute atomic E-state index is 8.00. The number of aliphatic hydroxyl groups excluding tert-OH is 2. The maximum atomic E-state index is 8.00. The van der Waals surface area contributed by atoms with Crippen molar-refractivity contribution in [2.45, 2.75) is 0 Å². The van der Waals surface area contributed by atoms with Gasteiger partial charge in [0.05, 0.1) is 13.2 Å². The molecule has 0 spiro atoms. The molecule has 38 valence electrons. The minimum absolute atomic E-state index is 0. The minimum Gasteiger partial charge on any atom is -1.00 e. The molecule has 0 aromatic carbocycles. The zero-order valence-corrected chi connectivity index (χ0v) is 6.46. The van der Waals surface area contributed by atoms with E-state index in [-0.39, 0.29) is 44.2 Å². The SMILES string of the molecule is OCC=CCO.[H-].[Na+]. The van der Waals surface area contributed by atoms with Crippen LogP contribution in [0.25, 0.3) is 0 Å². The van der Waals surface area contributed by atoms with Crippen LogP contribution in [0.4, 0.5) is 0 Å². The molecule has 0 amide bonds. The largest absolute Gasteiger partial charge is 1.00 e. The van der Waals surface area contributed by atoms with Gasteiger partial charge in [0, 0.05) is 0 Å². The third-order valence-electron chi connectivity index (χ3n) is 0.377. The molecule has 0 unspecified atom stereocenters. The van der Waals surface area contributed by atoms with E-state index in [1.807, 2.05) is 0 Å². The van der Waals surface area contributed by atoms with Crippen LogP contribution >= 0.6 is 0 Å². The topological polar surface area (TPSA) is 40.5 Å². The quantitative estimate of drug-likeness (QED) is 0.289. The Hall–Kier alpha value is 0.660. The van der Waals surface area contributed by atoms with E-state index in [0.717, 1.165) is 0 Å². The molecule has 0 aliphatic carbocycles. The molecule has 2 N–H and O–H groups in total. The Kier molecular flexibility index (Phi) is 14.9. The molecule has 0 radical (unpaired) electrons. The van der Waals surface area contributed by atoms with E-state index >= 15 is 0 Å². The summed E-state index contributed by atoms with van der Waals surface area (Å²) in [5.41, 5.74) is 0. The third-order valence-corrected chi connectivity index (χ3v) is 0.377. The Balaban J connectivity index is -0.000000125. The van der Waals surface area contributed by atoms with Crippen LogP contribution < -0.4 is 29.6 Å². The molecule has 0 aromatic rings. The molecule has 2 nitrogen and oxygen atoms in total. The van der Waals surface area contributed by atoms with Crippen LogP contribution in [0.3, 0.4) is 0 Å². The number of hydrogen-bond acceptors (Lipinski definition) is 2. The predicted octanol–water partition coefficient (Wildman–Crippen LogP) is -3.36. The fourth-order valence-corrected chi connectivity index (χ4v) is 0.149. The van der Waals surface area contributed by atoms with Crippen LogP contribution in [-0.4, -0.2) is 23.4 Å². The van der Waals surface area contributed by atoms with Crippen LogP contribution in [0.5, 0.6) is 0 Å². The summed E-state index contributed by atoms with van der Waals surface area (Å²) in [6.07, 6.45) is 2.97. The summed E-state index contributed by atoms with van der Waals surface area (Å²) in [7, 11) is 0. The first kappa shape index (κ1) is 10.6. The van der Waals surface area contributed by atoms with Gasteiger partial charge in [-0.1, -0.05) is 12.2 Å². The zero-order chi connectivity index (χ0) is 4.83. The predicted molar refractivity (Wildman–Crippen MR) is 24.4 cm³/mol. The van der Waals surface area contributed by atoms with Crippen molar-refractivity contribution in [1.29, 1.82) is 0 Å². The van der Waals surface area contributed by atoms with Crippen molar-refractivity contribution in [2.75, 3.05) is 13.2 Å². The molecular formula is C4H9NaO2. The van der Waals surface area contributed by atoms with Crippen molar-refractivity contribution < 1.29 is 41.2 Å². The number of aliphatic hydroxyl groups is 2. The normalized spacial score (nSPS) is 8.86. The molecule has 0 saturated heterocycles. The van der Waals surface area contributed by atoms with Gasteiger partial charge in [-0.2, -0.15) is 0 Å². The Morgan fingerprint density at radius 1 is 1.14 bits per heavy atom. The van der Waals surface area contributed by atoms with E-state index in [1.165, 1.54) is 12.2 Å². The van der Waals surface area contributed by atoms with E-state index in [1.54, 1.807) is 0 Å². The molecule has 0 atom stereocenters. The van der Waals surface area contributed by atoms with Gasteiger partial charge in [0.1, 0.15) is 0 Å². The monoisotopic (exact) mass is 112 g/mol. The van der Waals surface area contributed by atoms with E-state index in [9.17, 15) is 0 Å². The molecular weight excluding hydrogens is 103 g/mol. The number of hydrogen-bond donors (Lipinski definition) is 2. The van der Waals surface area contributed by atoms with Gasteiger partial charge >= 0.3 is 29.6 Å². The Morgan fingerprint density at radius 2 is 1.43 bits per heavy atom. The van der Waals surface area contributed by atoms with E-state index in [2.05, 4.69) is 0 Å². The summed E-state index contributed by atoms with van der Waals surface area (Å²) >= 11 is 0. The fraction of sp³-hybridized carbons (Fsp3) is 0.500.